The van der Waals surface area contributed by atoms with E-state index in [0.29, 0.717) is 11.9 Å². The first-order chi connectivity index (χ1) is 14.6. The standard InChI is InChI=1S/C22H26N6O2/c1-15(24-8-7-23-2)19-4-3-17-12-25-21(11-20(17)26-19)27-22(29)16-5-9-28(10-6-16)18-13-30-14-18/h3-4,7-8,11-12,16,18H,2,5-6,9-10,13-14H2,1H3,(H,25,27,29)/b8-7-,24-15?. The molecule has 2 aromatic rings. The predicted octanol–water partition coefficient (Wildman–Crippen LogP) is 2.66. The first-order valence-electron chi connectivity index (χ1n) is 10.2. The molecule has 0 saturated carbocycles. The van der Waals surface area contributed by atoms with Gasteiger partial charge < -0.3 is 10.1 Å². The fourth-order valence-corrected chi connectivity index (χ4v) is 3.73. The lowest BCUT2D eigenvalue weighted by molar-refractivity contribution is -0.123. The molecular formula is C22H26N6O2. The highest BCUT2D eigenvalue weighted by Gasteiger charge is 2.32. The van der Waals surface area contributed by atoms with Crippen LogP contribution in [0.5, 0.6) is 0 Å². The van der Waals surface area contributed by atoms with Crippen molar-refractivity contribution in [1.29, 1.82) is 0 Å². The highest BCUT2D eigenvalue weighted by atomic mass is 16.5. The quantitative estimate of drug-likeness (QED) is 0.745. The van der Waals surface area contributed by atoms with Gasteiger partial charge in [-0.15, -0.1) is 0 Å². The highest BCUT2D eigenvalue weighted by molar-refractivity contribution is 5.99. The van der Waals surface area contributed by atoms with Crippen LogP contribution in [0.2, 0.25) is 0 Å². The molecule has 2 saturated heterocycles. The molecule has 0 aromatic carbocycles. The van der Waals surface area contributed by atoms with Crippen molar-refractivity contribution in [2.45, 2.75) is 25.8 Å². The molecule has 30 heavy (non-hydrogen) atoms. The average Bonchev–Trinajstić information content (AvgIpc) is 2.72. The van der Waals surface area contributed by atoms with Crippen LogP contribution < -0.4 is 5.32 Å². The zero-order valence-corrected chi connectivity index (χ0v) is 17.1. The van der Waals surface area contributed by atoms with Gasteiger partial charge in [-0.25, -0.2) is 9.97 Å². The Hall–Kier alpha value is -2.97. The molecule has 0 radical (unpaired) electrons. The SMILES string of the molecule is C=N/C=C\N=C(C)c1ccc2cnc(NC(=O)C3CCN(C4COC4)CC3)cc2n1. The van der Waals surface area contributed by atoms with Crippen LogP contribution in [0.1, 0.15) is 25.5 Å². The molecule has 1 N–H and O–H groups in total. The lowest BCUT2D eigenvalue weighted by Gasteiger charge is -2.41. The van der Waals surface area contributed by atoms with E-state index in [1.165, 1.54) is 6.20 Å². The lowest BCUT2D eigenvalue weighted by Crippen LogP contribution is -2.52. The molecule has 0 aliphatic carbocycles. The Morgan fingerprint density at radius 3 is 2.80 bits per heavy atom. The second-order valence-electron chi connectivity index (χ2n) is 7.64. The Morgan fingerprint density at radius 1 is 1.30 bits per heavy atom. The van der Waals surface area contributed by atoms with E-state index in [1.54, 1.807) is 12.4 Å². The zero-order chi connectivity index (χ0) is 20.9. The van der Waals surface area contributed by atoms with Gasteiger partial charge in [0.05, 0.1) is 36.2 Å². The van der Waals surface area contributed by atoms with Crippen molar-refractivity contribution in [3.8, 4) is 0 Å². The van der Waals surface area contributed by atoms with Crippen LogP contribution in [0.25, 0.3) is 10.9 Å². The summed E-state index contributed by atoms with van der Waals surface area (Å²) < 4.78 is 5.27. The topological polar surface area (TPSA) is 92.1 Å². The van der Waals surface area contributed by atoms with Gasteiger partial charge in [0.1, 0.15) is 5.82 Å². The van der Waals surface area contributed by atoms with Crippen molar-refractivity contribution in [3.05, 3.63) is 42.5 Å². The fraction of sp³-hybridized carbons (Fsp3) is 0.409. The number of aliphatic imine (C=N–C) groups is 2. The summed E-state index contributed by atoms with van der Waals surface area (Å²) in [5.41, 5.74) is 2.29. The average molecular weight is 406 g/mol. The van der Waals surface area contributed by atoms with Gasteiger partial charge in [-0.05, 0) is 51.7 Å². The molecule has 2 aliphatic rings. The minimum atomic E-state index is 0.0127. The summed E-state index contributed by atoms with van der Waals surface area (Å²) in [5, 5.41) is 3.88. The number of anilines is 1. The van der Waals surface area contributed by atoms with E-state index >= 15 is 0 Å². The third-order valence-electron chi connectivity index (χ3n) is 5.67. The lowest BCUT2D eigenvalue weighted by atomic mass is 9.94. The smallest absolute Gasteiger partial charge is 0.228 e. The van der Waals surface area contributed by atoms with E-state index in [0.717, 1.165) is 61.5 Å². The summed E-state index contributed by atoms with van der Waals surface area (Å²) in [5.74, 6) is 0.568. The van der Waals surface area contributed by atoms with Crippen molar-refractivity contribution in [1.82, 2.24) is 14.9 Å². The van der Waals surface area contributed by atoms with Gasteiger partial charge in [-0.2, -0.15) is 0 Å². The molecule has 0 unspecified atom stereocenters. The summed E-state index contributed by atoms with van der Waals surface area (Å²) in [6.45, 7) is 8.79. The molecule has 8 heteroatoms. The van der Waals surface area contributed by atoms with E-state index in [-0.39, 0.29) is 11.8 Å². The molecule has 2 aromatic heterocycles. The number of piperidine rings is 1. The molecule has 156 valence electrons. The number of rotatable bonds is 6. The maximum atomic E-state index is 12.7. The molecule has 4 rings (SSSR count). The van der Waals surface area contributed by atoms with Gasteiger partial charge in [-0.1, -0.05) is 0 Å². The second-order valence-corrected chi connectivity index (χ2v) is 7.64. The second kappa shape index (κ2) is 9.23. The van der Waals surface area contributed by atoms with Crippen molar-refractivity contribution in [3.63, 3.8) is 0 Å². The number of ether oxygens (including phenoxy) is 1. The number of carbonyl (C=O) groups excluding carboxylic acids is 1. The molecule has 2 aliphatic heterocycles. The van der Waals surface area contributed by atoms with E-state index in [9.17, 15) is 4.79 Å². The Balaban J connectivity index is 1.42. The Kier molecular flexibility index (Phi) is 6.25. The number of nitrogens with one attached hydrogen (secondary N) is 1. The Bertz CT molecular complexity index is 990. The maximum absolute atomic E-state index is 12.7. The highest BCUT2D eigenvalue weighted by Crippen LogP contribution is 2.23. The minimum absolute atomic E-state index is 0.0127. The van der Waals surface area contributed by atoms with Gasteiger partial charge in [0.15, 0.2) is 0 Å². The summed E-state index contributed by atoms with van der Waals surface area (Å²) in [4.78, 5) is 32.1. The van der Waals surface area contributed by atoms with Gasteiger partial charge in [0.25, 0.3) is 0 Å². The third-order valence-corrected chi connectivity index (χ3v) is 5.67. The Morgan fingerprint density at radius 2 is 2.10 bits per heavy atom. The fourth-order valence-electron chi connectivity index (χ4n) is 3.73. The van der Waals surface area contributed by atoms with Crippen LogP contribution in [0.15, 0.2) is 46.8 Å². The molecule has 0 spiro atoms. The van der Waals surface area contributed by atoms with Gasteiger partial charge >= 0.3 is 0 Å². The number of hydrogen-bond donors (Lipinski definition) is 1. The molecular weight excluding hydrogens is 380 g/mol. The third kappa shape index (κ3) is 4.60. The number of nitrogens with zero attached hydrogens (tertiary/aromatic N) is 5. The monoisotopic (exact) mass is 406 g/mol. The summed E-state index contributed by atoms with van der Waals surface area (Å²) >= 11 is 0. The molecule has 0 atom stereocenters. The van der Waals surface area contributed by atoms with Crippen molar-refractivity contribution >= 4 is 35.1 Å². The van der Waals surface area contributed by atoms with Crippen LogP contribution in [0.3, 0.4) is 0 Å². The van der Waals surface area contributed by atoms with Crippen LogP contribution in [-0.2, 0) is 9.53 Å². The number of fused-ring (bicyclic) bond motifs is 1. The first-order valence-corrected chi connectivity index (χ1v) is 10.2. The normalized spacial score (nSPS) is 19.2. The van der Waals surface area contributed by atoms with Gasteiger partial charge in [0.2, 0.25) is 5.91 Å². The van der Waals surface area contributed by atoms with Crippen molar-refractivity contribution < 1.29 is 9.53 Å². The number of aromatic nitrogens is 2. The van der Waals surface area contributed by atoms with Crippen LogP contribution >= 0.6 is 0 Å². The van der Waals surface area contributed by atoms with E-state index in [2.05, 4.69) is 36.9 Å². The predicted molar refractivity (Wildman–Crippen MR) is 118 cm³/mol. The number of carbonyl (C=O) groups is 1. The molecule has 2 fully saturated rings. The van der Waals surface area contributed by atoms with E-state index in [4.69, 9.17) is 4.74 Å². The van der Waals surface area contributed by atoms with Crippen molar-refractivity contribution in [2.75, 3.05) is 31.6 Å². The zero-order valence-electron chi connectivity index (χ0n) is 17.1. The number of hydrogen-bond acceptors (Lipinski definition) is 7. The molecule has 8 nitrogen and oxygen atoms in total. The van der Waals surface area contributed by atoms with Crippen molar-refractivity contribution in [2.24, 2.45) is 15.9 Å². The maximum Gasteiger partial charge on any atom is 0.228 e. The van der Waals surface area contributed by atoms with E-state index in [1.807, 2.05) is 25.1 Å². The molecule has 1 amide bonds. The largest absolute Gasteiger partial charge is 0.378 e. The Labute approximate surface area is 175 Å². The van der Waals surface area contributed by atoms with Crippen LogP contribution in [0, 0.1) is 5.92 Å². The summed E-state index contributed by atoms with van der Waals surface area (Å²) in [7, 11) is 0. The number of pyridine rings is 2. The molecule has 4 heterocycles. The van der Waals surface area contributed by atoms with Gasteiger partial charge in [0, 0.05) is 36.0 Å². The first kappa shape index (κ1) is 20.3. The number of likely N-dealkylation sites (tertiary alicyclic amines) is 1. The molecule has 0 bridgehead atoms. The summed E-state index contributed by atoms with van der Waals surface area (Å²) in [6, 6.07) is 6.19. The van der Waals surface area contributed by atoms with E-state index < -0.39 is 0 Å². The van der Waals surface area contributed by atoms with Crippen LogP contribution in [-0.4, -0.2) is 65.5 Å². The summed E-state index contributed by atoms with van der Waals surface area (Å²) in [6.07, 6.45) is 6.55. The van der Waals surface area contributed by atoms with Gasteiger partial charge in [-0.3, -0.25) is 19.7 Å². The number of amides is 1. The van der Waals surface area contributed by atoms with Crippen LogP contribution in [0.4, 0.5) is 5.82 Å². The minimum Gasteiger partial charge on any atom is -0.378 e.